The number of benzene rings is 3. The Hall–Kier alpha value is -3.83. The molecular weight excluding hydrogens is 472 g/mol. The molecule has 0 saturated carbocycles. The first-order chi connectivity index (χ1) is 17.4. The van der Waals surface area contributed by atoms with Crippen LogP contribution in [0.4, 0.5) is 5.69 Å². The van der Waals surface area contributed by atoms with E-state index in [2.05, 4.69) is 0 Å². The first kappa shape index (κ1) is 23.9. The fraction of sp³-hybridized carbons (Fsp3) is 0.200. The molecular formula is C30H27ClN2O3. The molecule has 0 radical (unpaired) electrons. The zero-order chi connectivity index (χ0) is 25.4. The Balaban J connectivity index is 1.81. The number of nitrogens with one attached hydrogen (secondary N) is 1. The van der Waals surface area contributed by atoms with Crippen molar-refractivity contribution in [3.63, 3.8) is 0 Å². The van der Waals surface area contributed by atoms with Gasteiger partial charge in [0, 0.05) is 45.5 Å². The van der Waals surface area contributed by atoms with Gasteiger partial charge in [-0.1, -0.05) is 60.1 Å². The van der Waals surface area contributed by atoms with Crippen molar-refractivity contribution >= 4 is 34.7 Å². The largest absolute Gasteiger partial charge is 0.507 e. The van der Waals surface area contributed by atoms with E-state index in [1.807, 2.05) is 67.6 Å². The van der Waals surface area contributed by atoms with Gasteiger partial charge < -0.3 is 9.84 Å². The van der Waals surface area contributed by atoms with Crippen LogP contribution in [0.2, 0.25) is 5.02 Å². The van der Waals surface area contributed by atoms with Crippen LogP contribution in [0, 0.1) is 12.3 Å². The van der Waals surface area contributed by atoms with E-state index in [0.717, 1.165) is 16.8 Å². The maximum absolute atomic E-state index is 13.5. The number of anilines is 1. The van der Waals surface area contributed by atoms with Gasteiger partial charge >= 0.3 is 0 Å². The minimum absolute atomic E-state index is 0.0189. The number of aryl methyl sites for hydroxylation is 1. The second kappa shape index (κ2) is 9.67. The number of ketones is 1. The molecule has 0 aromatic heterocycles. The van der Waals surface area contributed by atoms with Crippen molar-refractivity contribution < 1.29 is 14.6 Å². The molecule has 0 saturated heterocycles. The van der Waals surface area contributed by atoms with Crippen LogP contribution < -0.4 is 9.64 Å². The number of amidine groups is 1. The lowest BCUT2D eigenvalue weighted by atomic mass is 9.73. The van der Waals surface area contributed by atoms with Gasteiger partial charge in [-0.15, -0.1) is 0 Å². The highest BCUT2D eigenvalue weighted by Gasteiger charge is 2.43. The number of carbonyl (C=O) groups is 1. The van der Waals surface area contributed by atoms with E-state index in [0.29, 0.717) is 52.4 Å². The zero-order valence-electron chi connectivity index (χ0n) is 20.2. The molecule has 2 N–H and O–H groups in total. The highest BCUT2D eigenvalue weighted by atomic mass is 35.5. The lowest BCUT2D eigenvalue weighted by molar-refractivity contribution is -0.116. The molecule has 1 atom stereocenters. The quantitative estimate of drug-likeness (QED) is 0.372. The Morgan fingerprint density at radius 2 is 1.78 bits per heavy atom. The summed E-state index contributed by atoms with van der Waals surface area (Å²) >= 11 is 6.48. The Morgan fingerprint density at radius 3 is 2.44 bits per heavy atom. The number of hydrogen-bond acceptors (Lipinski definition) is 4. The van der Waals surface area contributed by atoms with E-state index in [1.165, 1.54) is 0 Å². The number of aliphatic hydroxyl groups is 1. The summed E-state index contributed by atoms with van der Waals surface area (Å²) in [5.41, 5.74) is 4.84. The monoisotopic (exact) mass is 498 g/mol. The second-order valence-corrected chi connectivity index (χ2v) is 9.50. The normalized spacial score (nSPS) is 19.3. The highest BCUT2D eigenvalue weighted by Crippen LogP contribution is 2.48. The second-order valence-electron chi connectivity index (χ2n) is 9.09. The van der Waals surface area contributed by atoms with Crippen molar-refractivity contribution in [1.82, 2.24) is 0 Å². The third-order valence-electron chi connectivity index (χ3n) is 6.92. The number of hydrogen-bond donors (Lipinski definition) is 2. The molecule has 0 bridgehead atoms. The fourth-order valence-electron chi connectivity index (χ4n) is 5.08. The number of aliphatic hydroxyl groups excluding tert-OH is 1. The molecule has 5 rings (SSSR count). The molecule has 0 amide bonds. The zero-order valence-corrected chi connectivity index (χ0v) is 21.0. The van der Waals surface area contributed by atoms with Crippen LogP contribution in [-0.2, 0) is 4.79 Å². The van der Waals surface area contributed by atoms with Crippen molar-refractivity contribution in [2.75, 3.05) is 12.0 Å². The van der Waals surface area contributed by atoms with Crippen LogP contribution in [0.1, 0.15) is 41.9 Å². The van der Waals surface area contributed by atoms with Crippen LogP contribution in [0.15, 0.2) is 89.6 Å². The van der Waals surface area contributed by atoms with Crippen LogP contribution in [0.25, 0.3) is 5.76 Å². The Bertz CT molecular complexity index is 1410. The van der Waals surface area contributed by atoms with Gasteiger partial charge in [0.2, 0.25) is 0 Å². The summed E-state index contributed by atoms with van der Waals surface area (Å²) in [4.78, 5) is 15.3. The molecule has 0 fully saturated rings. The molecule has 1 aliphatic heterocycles. The molecule has 5 nitrogen and oxygen atoms in total. The summed E-state index contributed by atoms with van der Waals surface area (Å²) in [6.45, 7) is 1.93. The maximum atomic E-state index is 13.5. The minimum atomic E-state index is -0.580. The molecule has 1 aliphatic carbocycles. The Labute approximate surface area is 215 Å². The lowest BCUT2D eigenvalue weighted by Gasteiger charge is -2.42. The van der Waals surface area contributed by atoms with Gasteiger partial charge in [-0.25, -0.2) is 0 Å². The van der Waals surface area contributed by atoms with Crippen molar-refractivity contribution in [3.05, 3.63) is 111 Å². The van der Waals surface area contributed by atoms with Crippen LogP contribution >= 0.6 is 11.6 Å². The van der Waals surface area contributed by atoms with Crippen LogP contribution in [-0.4, -0.2) is 23.8 Å². The first-order valence-corrected chi connectivity index (χ1v) is 12.3. The van der Waals surface area contributed by atoms with Crippen molar-refractivity contribution in [1.29, 1.82) is 5.41 Å². The molecule has 6 heteroatoms. The van der Waals surface area contributed by atoms with Crippen LogP contribution in [0.5, 0.6) is 5.75 Å². The SMILES string of the molecule is COc1ccc([C@@H]2C(=C(O)c3ccccc3)C(=N)N(c3ccc(C)c(Cl)c3)C3=C2C(=O)CCC3)cc1. The summed E-state index contributed by atoms with van der Waals surface area (Å²) < 4.78 is 5.34. The number of rotatable bonds is 4. The van der Waals surface area contributed by atoms with E-state index < -0.39 is 5.92 Å². The molecule has 1 heterocycles. The number of methoxy groups -OCH3 is 1. The van der Waals surface area contributed by atoms with E-state index in [1.54, 1.807) is 24.1 Å². The Morgan fingerprint density at radius 1 is 1.06 bits per heavy atom. The number of halogens is 1. The van der Waals surface area contributed by atoms with Crippen molar-refractivity contribution in [2.45, 2.75) is 32.1 Å². The molecule has 2 aliphatic rings. The predicted molar refractivity (Wildman–Crippen MR) is 144 cm³/mol. The summed E-state index contributed by atoms with van der Waals surface area (Å²) in [5.74, 6) is 0.261. The number of allylic oxidation sites excluding steroid dienone is 2. The van der Waals surface area contributed by atoms with E-state index in [9.17, 15) is 15.3 Å². The highest BCUT2D eigenvalue weighted by molar-refractivity contribution is 6.32. The molecule has 182 valence electrons. The molecule has 3 aromatic carbocycles. The topological polar surface area (TPSA) is 73.6 Å². The van der Waals surface area contributed by atoms with Crippen molar-refractivity contribution in [3.8, 4) is 5.75 Å². The van der Waals surface area contributed by atoms with Gasteiger partial charge in [-0.2, -0.15) is 0 Å². The third-order valence-corrected chi connectivity index (χ3v) is 7.33. The number of Topliss-reactive ketones (excluding diaryl/α,β-unsaturated/α-hetero) is 1. The van der Waals surface area contributed by atoms with E-state index in [-0.39, 0.29) is 17.4 Å². The molecule has 36 heavy (non-hydrogen) atoms. The third kappa shape index (κ3) is 4.10. The number of carbonyl (C=O) groups excluding carboxylic acids is 1. The standard InChI is InChI=1S/C30H27ClN2O3/c1-18-11-14-21(17-23(18)31)33-24-9-6-10-25(34)27(24)26(19-12-15-22(36-2)16-13-19)28(30(33)32)29(35)20-7-4-3-5-8-20/h3-5,7-8,11-17,26,32,35H,6,9-10H2,1-2H3/t26-/m0/s1. The van der Waals surface area contributed by atoms with Gasteiger partial charge in [0.05, 0.1) is 7.11 Å². The van der Waals surface area contributed by atoms with E-state index in [4.69, 9.17) is 16.3 Å². The van der Waals surface area contributed by atoms with Gasteiger partial charge in [0.25, 0.3) is 0 Å². The predicted octanol–water partition coefficient (Wildman–Crippen LogP) is 7.21. The van der Waals surface area contributed by atoms with Crippen LogP contribution in [0.3, 0.4) is 0 Å². The Kier molecular flexibility index (Phi) is 6.42. The maximum Gasteiger partial charge on any atom is 0.161 e. The van der Waals surface area contributed by atoms with Gasteiger partial charge in [0.15, 0.2) is 5.78 Å². The fourth-order valence-corrected chi connectivity index (χ4v) is 5.25. The average Bonchev–Trinajstić information content (AvgIpc) is 2.90. The van der Waals surface area contributed by atoms with E-state index >= 15 is 0 Å². The van der Waals surface area contributed by atoms with Gasteiger partial charge in [0.1, 0.15) is 17.3 Å². The summed E-state index contributed by atoms with van der Waals surface area (Å²) in [6, 6.07) is 22.3. The van der Waals surface area contributed by atoms with Gasteiger partial charge in [-0.05, 0) is 55.2 Å². The number of nitrogens with zero attached hydrogens (tertiary/aromatic N) is 1. The first-order valence-electron chi connectivity index (χ1n) is 11.9. The number of ether oxygens (including phenoxy) is 1. The molecule has 3 aromatic rings. The lowest BCUT2D eigenvalue weighted by Crippen LogP contribution is -2.42. The molecule has 0 unspecified atom stereocenters. The summed E-state index contributed by atoms with van der Waals surface area (Å²) in [5, 5.41) is 21.6. The smallest absolute Gasteiger partial charge is 0.161 e. The average molecular weight is 499 g/mol. The minimum Gasteiger partial charge on any atom is -0.507 e. The summed E-state index contributed by atoms with van der Waals surface area (Å²) in [6.07, 6.45) is 1.79. The molecule has 0 spiro atoms. The van der Waals surface area contributed by atoms with Crippen molar-refractivity contribution in [2.24, 2.45) is 0 Å². The summed E-state index contributed by atoms with van der Waals surface area (Å²) in [7, 11) is 1.60. The van der Waals surface area contributed by atoms with Gasteiger partial charge in [-0.3, -0.25) is 15.1 Å².